The highest BCUT2D eigenvalue weighted by molar-refractivity contribution is 7.51. The first-order valence-electron chi connectivity index (χ1n) is 11.2. The van der Waals surface area contributed by atoms with Gasteiger partial charge in [-0.2, -0.15) is 26.7 Å². The SMILES string of the molecule is Cc1cccc(-c2ccc(-n3ccc(C(F)(F)F)n3)c(-c3oc(C)nc3-c3ccc(Cl)cc3Cl)c2)c1.O=S=O. The van der Waals surface area contributed by atoms with Crippen molar-refractivity contribution in [2.24, 2.45) is 0 Å². The maximum absolute atomic E-state index is 13.3. The molecule has 0 amide bonds. The van der Waals surface area contributed by atoms with Gasteiger partial charge >= 0.3 is 17.7 Å². The molecule has 5 rings (SSSR count). The summed E-state index contributed by atoms with van der Waals surface area (Å²) < 4.78 is 63.7. The molecule has 12 heteroatoms. The number of oxazole rings is 1. The van der Waals surface area contributed by atoms with Crippen LogP contribution in [0.2, 0.25) is 10.0 Å². The van der Waals surface area contributed by atoms with Gasteiger partial charge in [-0.15, -0.1) is 0 Å². The van der Waals surface area contributed by atoms with Crippen molar-refractivity contribution in [2.45, 2.75) is 20.0 Å². The van der Waals surface area contributed by atoms with Crippen molar-refractivity contribution < 1.29 is 26.0 Å². The Bertz CT molecular complexity index is 1690. The predicted octanol–water partition coefficient (Wildman–Crippen LogP) is 8.13. The first-order chi connectivity index (χ1) is 18.5. The molecule has 0 N–H and O–H groups in total. The predicted molar refractivity (Wildman–Crippen MR) is 143 cm³/mol. The molecule has 2 aromatic heterocycles. The van der Waals surface area contributed by atoms with Gasteiger partial charge in [-0.3, -0.25) is 0 Å². The minimum Gasteiger partial charge on any atom is -0.440 e. The van der Waals surface area contributed by atoms with E-state index in [-0.39, 0.29) is 0 Å². The molecule has 0 atom stereocenters. The maximum atomic E-state index is 13.3. The summed E-state index contributed by atoms with van der Waals surface area (Å²) in [4.78, 5) is 4.54. The number of halogens is 5. The second-order valence-corrected chi connectivity index (χ2v) is 9.33. The Morgan fingerprint density at radius 1 is 0.897 bits per heavy atom. The van der Waals surface area contributed by atoms with Crippen LogP contribution in [0.25, 0.3) is 39.4 Å². The minimum atomic E-state index is -4.57. The average Bonchev–Trinajstić information content (AvgIpc) is 3.52. The second kappa shape index (κ2) is 11.6. The molecule has 5 aromatic rings. The number of hydrogen-bond acceptors (Lipinski definition) is 5. The van der Waals surface area contributed by atoms with Gasteiger partial charge in [0.15, 0.2) is 17.3 Å². The number of hydrogen-bond donors (Lipinski definition) is 0. The fourth-order valence-electron chi connectivity index (χ4n) is 4.00. The van der Waals surface area contributed by atoms with Crippen molar-refractivity contribution >= 4 is 34.8 Å². The van der Waals surface area contributed by atoms with Crippen molar-refractivity contribution in [1.82, 2.24) is 14.8 Å². The quantitative estimate of drug-likeness (QED) is 0.211. The maximum Gasteiger partial charge on any atom is 0.435 e. The minimum absolute atomic E-state index is 0.352. The van der Waals surface area contributed by atoms with Crippen molar-refractivity contribution in [1.29, 1.82) is 0 Å². The molecule has 0 saturated heterocycles. The summed E-state index contributed by atoms with van der Waals surface area (Å²) >= 11 is 11.8. The standard InChI is InChI=1S/C27H18Cl2F3N3O.O2S/c1-15-4-3-5-17(12-15)18-6-9-23(35-11-10-24(34-35)27(30,31)32)21(13-18)26-25(33-16(2)36-26)20-8-7-19(28)14-22(20)29;1-3-2/h3-14H,1-2H3;. The molecule has 39 heavy (non-hydrogen) atoms. The Morgan fingerprint density at radius 2 is 1.62 bits per heavy atom. The zero-order chi connectivity index (χ0) is 28.3. The summed E-state index contributed by atoms with van der Waals surface area (Å²) in [6.07, 6.45) is -3.30. The molecule has 0 aliphatic heterocycles. The smallest absolute Gasteiger partial charge is 0.435 e. The lowest BCUT2D eigenvalue weighted by Crippen LogP contribution is -2.07. The van der Waals surface area contributed by atoms with E-state index in [0.29, 0.717) is 44.2 Å². The average molecular weight is 592 g/mol. The molecule has 0 aliphatic rings. The van der Waals surface area contributed by atoms with E-state index in [4.69, 9.17) is 36.0 Å². The molecule has 2 heterocycles. The van der Waals surface area contributed by atoms with E-state index in [1.165, 1.54) is 10.9 Å². The lowest BCUT2D eigenvalue weighted by atomic mass is 9.97. The number of alkyl halides is 3. The van der Waals surface area contributed by atoms with Gasteiger partial charge in [-0.25, -0.2) is 9.67 Å². The monoisotopic (exact) mass is 591 g/mol. The van der Waals surface area contributed by atoms with Crippen LogP contribution in [0.4, 0.5) is 13.2 Å². The summed E-state index contributed by atoms with van der Waals surface area (Å²) in [5.74, 6) is 0.722. The van der Waals surface area contributed by atoms with Crippen LogP contribution in [-0.4, -0.2) is 23.2 Å². The number of benzene rings is 3. The van der Waals surface area contributed by atoms with Gasteiger partial charge in [0.25, 0.3) is 0 Å². The molecule has 3 aromatic carbocycles. The topological polar surface area (TPSA) is 78.0 Å². The third-order valence-electron chi connectivity index (χ3n) is 5.64. The molecular formula is C27H18Cl2F3N3O3S. The van der Waals surface area contributed by atoms with Crippen molar-refractivity contribution in [3.63, 3.8) is 0 Å². The summed E-state index contributed by atoms with van der Waals surface area (Å²) in [5, 5.41) is 4.61. The fourth-order valence-corrected chi connectivity index (χ4v) is 4.50. The normalized spacial score (nSPS) is 11.2. The largest absolute Gasteiger partial charge is 0.440 e. The van der Waals surface area contributed by atoms with E-state index in [0.717, 1.165) is 22.8 Å². The van der Waals surface area contributed by atoms with E-state index in [1.54, 1.807) is 31.2 Å². The van der Waals surface area contributed by atoms with Crippen LogP contribution >= 0.6 is 23.2 Å². The van der Waals surface area contributed by atoms with Gasteiger partial charge in [0, 0.05) is 29.3 Å². The first-order valence-corrected chi connectivity index (χ1v) is 12.6. The van der Waals surface area contributed by atoms with Crippen LogP contribution < -0.4 is 0 Å². The number of aromatic nitrogens is 3. The number of rotatable bonds is 4. The molecule has 0 unspecified atom stereocenters. The lowest BCUT2D eigenvalue weighted by Gasteiger charge is -2.13. The molecule has 0 aliphatic carbocycles. The molecular weight excluding hydrogens is 574 g/mol. The highest BCUT2D eigenvalue weighted by atomic mass is 35.5. The van der Waals surface area contributed by atoms with Crippen LogP contribution in [0.15, 0.2) is 77.3 Å². The second-order valence-electron chi connectivity index (χ2n) is 8.35. The van der Waals surface area contributed by atoms with Crippen LogP contribution in [0.3, 0.4) is 0 Å². The highest BCUT2D eigenvalue weighted by Crippen LogP contribution is 2.41. The summed E-state index contributed by atoms with van der Waals surface area (Å²) in [5.41, 5.74) is 3.80. The van der Waals surface area contributed by atoms with E-state index < -0.39 is 23.4 Å². The van der Waals surface area contributed by atoms with E-state index in [2.05, 4.69) is 10.1 Å². The molecule has 0 fully saturated rings. The van der Waals surface area contributed by atoms with Gasteiger partial charge < -0.3 is 4.42 Å². The molecule has 200 valence electrons. The summed E-state index contributed by atoms with van der Waals surface area (Å²) in [6, 6.07) is 19.3. The first kappa shape index (κ1) is 28.3. The van der Waals surface area contributed by atoms with Crippen LogP contribution in [-0.2, 0) is 17.7 Å². The van der Waals surface area contributed by atoms with Crippen LogP contribution in [0, 0.1) is 13.8 Å². The van der Waals surface area contributed by atoms with Gasteiger partial charge in [0.2, 0.25) is 0 Å². The zero-order valence-electron chi connectivity index (χ0n) is 20.3. The van der Waals surface area contributed by atoms with Gasteiger partial charge in [-0.1, -0.05) is 59.1 Å². The summed E-state index contributed by atoms with van der Waals surface area (Å²) in [7, 11) is 0. The molecule has 0 saturated carbocycles. The van der Waals surface area contributed by atoms with E-state index in [9.17, 15) is 13.2 Å². The Morgan fingerprint density at radius 3 is 2.26 bits per heavy atom. The van der Waals surface area contributed by atoms with E-state index in [1.807, 2.05) is 43.3 Å². The van der Waals surface area contributed by atoms with Gasteiger partial charge in [0.05, 0.1) is 10.7 Å². The van der Waals surface area contributed by atoms with Crippen molar-refractivity contribution in [3.8, 4) is 39.4 Å². The Kier molecular flexibility index (Phi) is 8.39. The van der Waals surface area contributed by atoms with Gasteiger partial charge in [0.1, 0.15) is 5.69 Å². The third-order valence-corrected chi connectivity index (χ3v) is 6.19. The van der Waals surface area contributed by atoms with E-state index >= 15 is 0 Å². The Labute approximate surface area is 234 Å². The Hall–Kier alpha value is -3.73. The highest BCUT2D eigenvalue weighted by Gasteiger charge is 2.34. The van der Waals surface area contributed by atoms with Crippen molar-refractivity contribution in [2.75, 3.05) is 0 Å². The molecule has 0 radical (unpaired) electrons. The molecule has 0 bridgehead atoms. The fraction of sp³-hybridized carbons (Fsp3) is 0.111. The molecule has 6 nitrogen and oxygen atoms in total. The Balaban J connectivity index is 0.00000112. The third kappa shape index (κ3) is 6.30. The van der Waals surface area contributed by atoms with Crippen LogP contribution in [0.1, 0.15) is 17.1 Å². The number of aryl methyl sites for hydroxylation is 2. The summed E-state index contributed by atoms with van der Waals surface area (Å²) in [6.45, 7) is 3.68. The van der Waals surface area contributed by atoms with Crippen LogP contribution in [0.5, 0.6) is 0 Å². The van der Waals surface area contributed by atoms with Crippen molar-refractivity contribution in [3.05, 3.63) is 100 Å². The zero-order valence-corrected chi connectivity index (χ0v) is 22.6. The van der Waals surface area contributed by atoms with Gasteiger partial charge in [-0.05, 0) is 54.4 Å². The molecule has 0 spiro atoms. The lowest BCUT2D eigenvalue weighted by molar-refractivity contribution is -0.141. The number of nitrogens with zero attached hydrogens (tertiary/aromatic N) is 3.